The molecule has 0 saturated heterocycles. The fourth-order valence-electron chi connectivity index (χ4n) is 6.26. The number of hydrogen-bond donors (Lipinski definition) is 2. The maximum Gasteiger partial charge on any atom is 0.420 e. The van der Waals surface area contributed by atoms with Gasteiger partial charge >= 0.3 is 11.8 Å². The Morgan fingerprint density at radius 2 is 1.59 bits per heavy atom. The first kappa shape index (κ1) is 42.3. The van der Waals surface area contributed by atoms with Gasteiger partial charge in [0.25, 0.3) is 5.91 Å². The third kappa shape index (κ3) is 11.4. The Hall–Kier alpha value is -4.86. The van der Waals surface area contributed by atoms with Crippen molar-refractivity contribution >= 4 is 74.7 Å². The standard InChI is InChI=1S/C41H47N5O7S3/c1-4-5-6-7-8-9-10-11-12-15-25-45(41(49)53-36-24-21-28(26-34(36)46(50)51)27-55-40-44-43-39(54-3)56-40)33-19-16-17-30-29(33)22-23-31(37(30)47)38(48)42-32-18-13-14-20-35(32)52-2/h13-14,16-24,26,47H,4-12,15,25,27H2,1-3H3,(H,42,48). The summed E-state index contributed by atoms with van der Waals surface area (Å²) in [5.74, 6) is -0.0899. The monoisotopic (exact) mass is 817 g/mol. The minimum absolute atomic E-state index is 0.0362. The van der Waals surface area contributed by atoms with Crippen molar-refractivity contribution in [1.82, 2.24) is 10.2 Å². The van der Waals surface area contributed by atoms with E-state index in [0.29, 0.717) is 45.6 Å². The van der Waals surface area contributed by atoms with Gasteiger partial charge in [0.05, 0.1) is 29.0 Å². The number of anilines is 2. The third-order valence-electron chi connectivity index (χ3n) is 9.20. The number of para-hydroxylation sites is 2. The van der Waals surface area contributed by atoms with Gasteiger partial charge in [-0.25, -0.2) is 4.79 Å². The average molecular weight is 818 g/mol. The van der Waals surface area contributed by atoms with Crippen LogP contribution < -0.4 is 19.7 Å². The maximum atomic E-state index is 14.1. The molecule has 0 bridgehead atoms. The van der Waals surface area contributed by atoms with E-state index in [9.17, 15) is 24.8 Å². The lowest BCUT2D eigenvalue weighted by molar-refractivity contribution is -0.385. The normalized spacial score (nSPS) is 11.1. The molecule has 1 aromatic heterocycles. The molecular formula is C41H47N5O7S3. The second-order valence-electron chi connectivity index (χ2n) is 13.1. The van der Waals surface area contributed by atoms with Gasteiger partial charge in [-0.1, -0.05) is 136 Å². The number of methoxy groups -OCH3 is 1. The zero-order chi connectivity index (χ0) is 39.9. The number of fused-ring (bicyclic) bond motifs is 1. The van der Waals surface area contributed by atoms with E-state index in [1.807, 2.05) is 6.26 Å². The molecule has 0 radical (unpaired) electrons. The summed E-state index contributed by atoms with van der Waals surface area (Å²) in [6, 6.07) is 19.8. The number of rotatable bonds is 21. The first-order valence-corrected chi connectivity index (χ1v) is 21.7. The molecule has 5 aromatic rings. The lowest BCUT2D eigenvalue weighted by Crippen LogP contribution is -2.34. The zero-order valence-electron chi connectivity index (χ0n) is 31.8. The van der Waals surface area contributed by atoms with Crippen molar-refractivity contribution < 1.29 is 29.1 Å². The number of phenols is 1. The van der Waals surface area contributed by atoms with Gasteiger partial charge in [-0.3, -0.25) is 19.8 Å². The summed E-state index contributed by atoms with van der Waals surface area (Å²) < 4.78 is 12.7. The molecule has 0 unspecified atom stereocenters. The molecule has 0 atom stereocenters. The smallest absolute Gasteiger partial charge is 0.420 e. The van der Waals surface area contributed by atoms with Gasteiger partial charge in [0, 0.05) is 29.1 Å². The van der Waals surface area contributed by atoms with E-state index >= 15 is 0 Å². The summed E-state index contributed by atoms with van der Waals surface area (Å²) in [6.07, 6.45) is 12.2. The number of aromatic nitrogens is 2. The number of phenolic OH excluding ortho intramolecular Hbond substituents is 1. The topological polar surface area (TPSA) is 157 Å². The molecule has 296 valence electrons. The number of unbranched alkanes of at least 4 members (excludes halogenated alkanes) is 9. The number of carbonyl (C=O) groups excluding carboxylic acids is 2. The fourth-order valence-corrected chi connectivity index (χ4v) is 8.64. The molecule has 0 saturated carbocycles. The molecule has 15 heteroatoms. The van der Waals surface area contributed by atoms with Crippen molar-refractivity contribution in [1.29, 1.82) is 0 Å². The lowest BCUT2D eigenvalue weighted by atomic mass is 10.0. The second kappa shape index (κ2) is 21.4. The van der Waals surface area contributed by atoms with Crippen LogP contribution in [0, 0.1) is 10.1 Å². The molecule has 1 heterocycles. The van der Waals surface area contributed by atoms with Crippen LogP contribution in [-0.4, -0.2) is 52.1 Å². The van der Waals surface area contributed by atoms with Crippen LogP contribution in [0.4, 0.5) is 21.9 Å². The minimum atomic E-state index is -0.797. The molecule has 0 fully saturated rings. The van der Waals surface area contributed by atoms with Crippen molar-refractivity contribution in [2.75, 3.05) is 30.1 Å². The van der Waals surface area contributed by atoms with Crippen LogP contribution >= 0.6 is 34.9 Å². The maximum absolute atomic E-state index is 14.1. The molecule has 56 heavy (non-hydrogen) atoms. The Labute approximate surface area is 339 Å². The molecule has 0 aliphatic rings. The van der Waals surface area contributed by atoms with Gasteiger partial charge in [-0.05, 0) is 48.6 Å². The van der Waals surface area contributed by atoms with E-state index in [0.717, 1.165) is 27.9 Å². The predicted octanol–water partition coefficient (Wildman–Crippen LogP) is 11.5. The largest absolute Gasteiger partial charge is 0.506 e. The van der Waals surface area contributed by atoms with Gasteiger partial charge in [0.15, 0.2) is 8.68 Å². The van der Waals surface area contributed by atoms with Crippen LogP contribution in [0.2, 0.25) is 0 Å². The quantitative estimate of drug-likeness (QED) is 0.0314. The number of nitro benzene ring substituents is 1. The van der Waals surface area contributed by atoms with Crippen LogP contribution in [0.25, 0.3) is 10.8 Å². The number of aromatic hydroxyl groups is 1. The van der Waals surface area contributed by atoms with Crippen molar-refractivity contribution in [3.8, 4) is 17.2 Å². The number of benzene rings is 4. The van der Waals surface area contributed by atoms with E-state index < -0.39 is 16.9 Å². The molecule has 2 amide bonds. The van der Waals surface area contributed by atoms with Crippen molar-refractivity contribution in [3.05, 3.63) is 94.0 Å². The molecule has 0 aliphatic carbocycles. The van der Waals surface area contributed by atoms with E-state index in [4.69, 9.17) is 9.47 Å². The molecule has 0 spiro atoms. The Kier molecular flexibility index (Phi) is 16.2. The number of thioether (sulfide) groups is 2. The SMILES string of the molecule is CCCCCCCCCCCCN(C(=O)Oc1ccc(CSc2nnc(SC)s2)cc1[N+](=O)[O-])c1cccc2c(O)c(C(=O)Nc3ccccc3OC)ccc12. The summed E-state index contributed by atoms with van der Waals surface area (Å²) in [5, 5.41) is 35.5. The van der Waals surface area contributed by atoms with Gasteiger partial charge in [-0.15, -0.1) is 10.2 Å². The summed E-state index contributed by atoms with van der Waals surface area (Å²) in [4.78, 5) is 40.6. The highest BCUT2D eigenvalue weighted by atomic mass is 32.2. The fraction of sp³-hybridized carbons (Fsp3) is 0.366. The Morgan fingerprint density at radius 1 is 0.875 bits per heavy atom. The van der Waals surface area contributed by atoms with Gasteiger partial charge < -0.3 is 19.9 Å². The van der Waals surface area contributed by atoms with Gasteiger partial charge in [0.2, 0.25) is 5.75 Å². The van der Waals surface area contributed by atoms with Crippen LogP contribution in [0.3, 0.4) is 0 Å². The highest BCUT2D eigenvalue weighted by Crippen LogP contribution is 2.38. The van der Waals surface area contributed by atoms with Crippen LogP contribution in [0.15, 0.2) is 81.5 Å². The summed E-state index contributed by atoms with van der Waals surface area (Å²) in [7, 11) is 1.50. The number of carbonyl (C=O) groups is 2. The van der Waals surface area contributed by atoms with Crippen LogP contribution in [-0.2, 0) is 5.75 Å². The first-order valence-electron chi connectivity index (χ1n) is 18.7. The minimum Gasteiger partial charge on any atom is -0.506 e. The number of ether oxygens (including phenoxy) is 2. The van der Waals surface area contributed by atoms with Crippen molar-refractivity contribution in [3.63, 3.8) is 0 Å². The second-order valence-corrected chi connectivity index (χ2v) is 16.3. The van der Waals surface area contributed by atoms with Crippen molar-refractivity contribution in [2.24, 2.45) is 0 Å². The number of nitrogens with zero attached hydrogens (tertiary/aromatic N) is 4. The Morgan fingerprint density at radius 3 is 2.29 bits per heavy atom. The van der Waals surface area contributed by atoms with E-state index in [1.165, 1.54) is 104 Å². The van der Waals surface area contributed by atoms with Gasteiger partial charge in [0.1, 0.15) is 11.5 Å². The molecule has 5 rings (SSSR count). The van der Waals surface area contributed by atoms with E-state index in [2.05, 4.69) is 22.4 Å². The predicted molar refractivity (Wildman–Crippen MR) is 226 cm³/mol. The molecule has 2 N–H and O–H groups in total. The highest BCUT2D eigenvalue weighted by Gasteiger charge is 2.26. The lowest BCUT2D eigenvalue weighted by Gasteiger charge is -2.24. The van der Waals surface area contributed by atoms with Crippen LogP contribution in [0.5, 0.6) is 17.2 Å². The third-order valence-corrected chi connectivity index (χ3v) is 12.3. The molecule has 0 aliphatic heterocycles. The van der Waals surface area contributed by atoms with E-state index in [-0.39, 0.29) is 29.3 Å². The number of nitrogens with one attached hydrogen (secondary N) is 1. The zero-order valence-corrected chi connectivity index (χ0v) is 34.3. The van der Waals surface area contributed by atoms with Gasteiger partial charge in [-0.2, -0.15) is 0 Å². The summed E-state index contributed by atoms with van der Waals surface area (Å²) in [6.45, 7) is 2.48. The number of hydrogen-bond acceptors (Lipinski definition) is 12. The molecule has 4 aromatic carbocycles. The van der Waals surface area contributed by atoms with E-state index in [1.54, 1.807) is 54.6 Å². The Balaban J connectivity index is 1.37. The molecular weight excluding hydrogens is 771 g/mol. The summed E-state index contributed by atoms with van der Waals surface area (Å²) in [5.41, 5.74) is 1.25. The summed E-state index contributed by atoms with van der Waals surface area (Å²) >= 11 is 4.37. The van der Waals surface area contributed by atoms with Crippen LogP contribution in [0.1, 0.15) is 87.1 Å². The first-order chi connectivity index (χ1) is 27.2. The highest BCUT2D eigenvalue weighted by molar-refractivity contribution is 8.02. The average Bonchev–Trinajstić information content (AvgIpc) is 3.68. The number of nitro groups is 1. The molecule has 12 nitrogen and oxygen atoms in total. The number of amides is 2. The van der Waals surface area contributed by atoms with Crippen molar-refractivity contribution in [2.45, 2.75) is 85.6 Å². The Bertz CT molecular complexity index is 2110.